The molecule has 0 saturated heterocycles. The van der Waals surface area contributed by atoms with Crippen molar-refractivity contribution in [2.75, 3.05) is 5.43 Å². The van der Waals surface area contributed by atoms with Gasteiger partial charge in [0.05, 0.1) is 11.6 Å². The minimum Gasteiger partial charge on any atom is -0.370 e. The summed E-state index contributed by atoms with van der Waals surface area (Å²) in [5, 5.41) is 1.23. The Labute approximate surface area is 113 Å². The Bertz CT molecular complexity index is 574. The van der Waals surface area contributed by atoms with Gasteiger partial charge < -0.3 is 11.2 Å². The van der Waals surface area contributed by atoms with Crippen LogP contribution in [0.25, 0.3) is 10.9 Å². The maximum atomic E-state index is 11.1. The summed E-state index contributed by atoms with van der Waals surface area (Å²) in [6, 6.07) is 8.31. The van der Waals surface area contributed by atoms with Crippen LogP contribution in [-0.4, -0.2) is 16.6 Å². The van der Waals surface area contributed by atoms with Crippen LogP contribution in [0.4, 0.5) is 0 Å². The second-order valence-corrected chi connectivity index (χ2v) is 4.98. The van der Waals surface area contributed by atoms with Crippen molar-refractivity contribution < 1.29 is 4.79 Å². The van der Waals surface area contributed by atoms with E-state index in [1.54, 1.807) is 0 Å². The number of aromatic nitrogens is 1. The zero-order chi connectivity index (χ0) is 13.8. The number of amides is 1. The van der Waals surface area contributed by atoms with Gasteiger partial charge in [0, 0.05) is 18.0 Å². The number of hydrogen-bond acceptors (Lipinski definition) is 2. The lowest BCUT2D eigenvalue weighted by molar-refractivity contribution is -0.118. The molecule has 1 heterocycles. The number of aryl methyl sites for hydroxylation is 1. The fourth-order valence-corrected chi connectivity index (χ4v) is 2.46. The van der Waals surface area contributed by atoms with Crippen molar-refractivity contribution in [3.05, 3.63) is 36.0 Å². The van der Waals surface area contributed by atoms with E-state index in [4.69, 9.17) is 5.73 Å². The Morgan fingerprint density at radius 1 is 1.42 bits per heavy atom. The van der Waals surface area contributed by atoms with Gasteiger partial charge >= 0.3 is 0 Å². The maximum absolute atomic E-state index is 11.1. The zero-order valence-electron chi connectivity index (χ0n) is 11.5. The standard InChI is InChI=1S/C15H21N3O/c1-3-6-12(9-15(16)19)17-18-10-11(2)13-7-4-5-8-14(13)18/h4-5,7-8,10,12,17H,3,6,9H2,1-2H3,(H2,16,19). The number of carbonyl (C=O) groups is 1. The van der Waals surface area contributed by atoms with E-state index >= 15 is 0 Å². The quantitative estimate of drug-likeness (QED) is 0.837. The van der Waals surface area contributed by atoms with E-state index in [1.165, 1.54) is 10.9 Å². The number of para-hydroxylation sites is 1. The predicted molar refractivity (Wildman–Crippen MR) is 78.5 cm³/mol. The van der Waals surface area contributed by atoms with Gasteiger partial charge in [0.1, 0.15) is 0 Å². The van der Waals surface area contributed by atoms with Crippen LogP contribution in [0, 0.1) is 6.92 Å². The lowest BCUT2D eigenvalue weighted by Gasteiger charge is -2.19. The summed E-state index contributed by atoms with van der Waals surface area (Å²) >= 11 is 0. The average Bonchev–Trinajstić information content (AvgIpc) is 2.67. The highest BCUT2D eigenvalue weighted by Crippen LogP contribution is 2.20. The summed E-state index contributed by atoms with van der Waals surface area (Å²) < 4.78 is 2.01. The van der Waals surface area contributed by atoms with Gasteiger partial charge in [-0.05, 0) is 25.0 Å². The summed E-state index contributed by atoms with van der Waals surface area (Å²) in [6.07, 6.45) is 4.37. The van der Waals surface area contributed by atoms with Gasteiger partial charge in [0.2, 0.25) is 5.91 Å². The molecule has 0 aliphatic carbocycles. The molecule has 1 aromatic carbocycles. The number of rotatable bonds is 6. The monoisotopic (exact) mass is 259 g/mol. The van der Waals surface area contributed by atoms with Gasteiger partial charge in [-0.15, -0.1) is 0 Å². The van der Waals surface area contributed by atoms with Crippen LogP contribution in [0.1, 0.15) is 31.7 Å². The first kappa shape index (κ1) is 13.5. The summed E-state index contributed by atoms with van der Waals surface area (Å²) in [6.45, 7) is 4.19. The molecule has 2 rings (SSSR count). The van der Waals surface area contributed by atoms with Crippen LogP contribution >= 0.6 is 0 Å². The first-order valence-electron chi connectivity index (χ1n) is 6.73. The molecule has 0 aliphatic heterocycles. The Kier molecular flexibility index (Phi) is 4.10. The van der Waals surface area contributed by atoms with Gasteiger partial charge in [0.15, 0.2) is 0 Å². The van der Waals surface area contributed by atoms with Crippen LogP contribution in [-0.2, 0) is 4.79 Å². The summed E-state index contributed by atoms with van der Waals surface area (Å²) in [5.41, 5.74) is 11.0. The maximum Gasteiger partial charge on any atom is 0.219 e. The smallest absolute Gasteiger partial charge is 0.219 e. The van der Waals surface area contributed by atoms with E-state index in [9.17, 15) is 4.79 Å². The van der Waals surface area contributed by atoms with E-state index in [2.05, 4.69) is 37.6 Å². The highest BCUT2D eigenvalue weighted by Gasteiger charge is 2.12. The van der Waals surface area contributed by atoms with Crippen molar-refractivity contribution in [1.29, 1.82) is 0 Å². The number of fused-ring (bicyclic) bond motifs is 1. The fraction of sp³-hybridized carbons (Fsp3) is 0.400. The minimum atomic E-state index is -0.265. The average molecular weight is 259 g/mol. The fourth-order valence-electron chi connectivity index (χ4n) is 2.46. The highest BCUT2D eigenvalue weighted by atomic mass is 16.1. The van der Waals surface area contributed by atoms with Crippen LogP contribution in [0.15, 0.2) is 30.5 Å². The number of nitrogens with zero attached hydrogens (tertiary/aromatic N) is 1. The van der Waals surface area contributed by atoms with Crippen molar-refractivity contribution in [3.8, 4) is 0 Å². The molecule has 2 aromatic rings. The molecule has 0 fully saturated rings. The molecule has 4 nitrogen and oxygen atoms in total. The predicted octanol–water partition coefficient (Wildman–Crippen LogP) is 2.54. The molecule has 1 atom stereocenters. The summed E-state index contributed by atoms with van der Waals surface area (Å²) in [7, 11) is 0. The molecule has 0 radical (unpaired) electrons. The number of nitrogens with one attached hydrogen (secondary N) is 1. The van der Waals surface area contributed by atoms with Gasteiger partial charge in [-0.2, -0.15) is 0 Å². The van der Waals surface area contributed by atoms with Crippen molar-refractivity contribution >= 4 is 16.8 Å². The molecule has 1 amide bonds. The van der Waals surface area contributed by atoms with Crippen molar-refractivity contribution in [2.45, 2.75) is 39.2 Å². The molecule has 19 heavy (non-hydrogen) atoms. The molecular formula is C15H21N3O. The number of carbonyl (C=O) groups excluding carboxylic acids is 1. The largest absolute Gasteiger partial charge is 0.370 e. The first-order chi connectivity index (χ1) is 9.11. The zero-order valence-corrected chi connectivity index (χ0v) is 11.5. The summed E-state index contributed by atoms with van der Waals surface area (Å²) in [5.74, 6) is -0.265. The van der Waals surface area contributed by atoms with Gasteiger partial charge in [-0.25, -0.2) is 0 Å². The third kappa shape index (κ3) is 3.08. The van der Waals surface area contributed by atoms with Crippen molar-refractivity contribution in [3.63, 3.8) is 0 Å². The number of hydrogen-bond donors (Lipinski definition) is 2. The highest BCUT2D eigenvalue weighted by molar-refractivity contribution is 5.84. The Morgan fingerprint density at radius 3 is 2.84 bits per heavy atom. The Hall–Kier alpha value is -1.97. The lowest BCUT2D eigenvalue weighted by Crippen LogP contribution is -2.31. The van der Waals surface area contributed by atoms with E-state index in [0.29, 0.717) is 6.42 Å². The lowest BCUT2D eigenvalue weighted by atomic mass is 10.1. The molecule has 0 saturated carbocycles. The van der Waals surface area contributed by atoms with Crippen LogP contribution in [0.2, 0.25) is 0 Å². The van der Waals surface area contributed by atoms with Crippen molar-refractivity contribution in [2.24, 2.45) is 5.73 Å². The second kappa shape index (κ2) is 5.78. The number of nitrogens with two attached hydrogens (primary N) is 1. The Balaban J connectivity index is 2.25. The van der Waals surface area contributed by atoms with E-state index in [-0.39, 0.29) is 11.9 Å². The van der Waals surface area contributed by atoms with Crippen LogP contribution < -0.4 is 11.2 Å². The minimum absolute atomic E-state index is 0.0812. The van der Waals surface area contributed by atoms with Gasteiger partial charge in [-0.3, -0.25) is 9.47 Å². The first-order valence-corrected chi connectivity index (χ1v) is 6.73. The molecule has 0 aliphatic rings. The second-order valence-electron chi connectivity index (χ2n) is 4.98. The molecule has 0 bridgehead atoms. The van der Waals surface area contributed by atoms with E-state index < -0.39 is 0 Å². The third-order valence-electron chi connectivity index (χ3n) is 3.32. The Morgan fingerprint density at radius 2 is 2.16 bits per heavy atom. The SMILES string of the molecule is CCCC(CC(N)=O)Nn1cc(C)c2ccccc21. The van der Waals surface area contributed by atoms with Crippen LogP contribution in [0.3, 0.4) is 0 Å². The molecule has 4 heteroatoms. The number of benzene rings is 1. The van der Waals surface area contributed by atoms with E-state index in [0.717, 1.165) is 18.4 Å². The van der Waals surface area contributed by atoms with Gasteiger partial charge in [0.25, 0.3) is 0 Å². The molecule has 102 valence electrons. The molecule has 0 spiro atoms. The normalized spacial score (nSPS) is 12.5. The van der Waals surface area contributed by atoms with E-state index in [1.807, 2.05) is 16.8 Å². The molecule has 1 aromatic heterocycles. The molecule has 1 unspecified atom stereocenters. The van der Waals surface area contributed by atoms with Crippen LogP contribution in [0.5, 0.6) is 0 Å². The third-order valence-corrected chi connectivity index (χ3v) is 3.32. The van der Waals surface area contributed by atoms with Gasteiger partial charge in [-0.1, -0.05) is 31.5 Å². The molecular weight excluding hydrogens is 238 g/mol. The topological polar surface area (TPSA) is 60.1 Å². The van der Waals surface area contributed by atoms with Crippen molar-refractivity contribution in [1.82, 2.24) is 4.68 Å². The molecule has 3 N–H and O–H groups in total. The number of primary amides is 1. The summed E-state index contributed by atoms with van der Waals surface area (Å²) in [4.78, 5) is 11.1.